The van der Waals surface area contributed by atoms with Crippen LogP contribution in [-0.4, -0.2) is 11.0 Å². The van der Waals surface area contributed by atoms with Gasteiger partial charge in [0.15, 0.2) is 0 Å². The molecule has 2 N–H and O–H groups in total. The molecule has 1 aromatic carbocycles. The molecule has 0 spiro atoms. The van der Waals surface area contributed by atoms with Gasteiger partial charge in [-0.05, 0) is 52.7 Å². The van der Waals surface area contributed by atoms with Crippen molar-refractivity contribution < 1.29 is 9.90 Å². The Morgan fingerprint density at radius 2 is 2.17 bits per heavy atom. The number of nitrogens with one attached hydrogen (secondary N) is 1. The van der Waals surface area contributed by atoms with Crippen LogP contribution in [0.5, 0.6) is 0 Å². The van der Waals surface area contributed by atoms with E-state index < -0.39 is 6.10 Å². The Morgan fingerprint density at radius 3 is 2.92 bits per heavy atom. The van der Waals surface area contributed by atoms with Crippen LogP contribution in [0.1, 0.15) is 37.3 Å². The fraction of sp³-hybridized carbons (Fsp3) is 0.111. The third-order valence-corrected chi connectivity index (χ3v) is 5.33. The minimum atomic E-state index is -0.627. The second kappa shape index (κ2) is 7.41. The van der Waals surface area contributed by atoms with E-state index in [0.29, 0.717) is 17.7 Å². The Kier molecular flexibility index (Phi) is 5.06. The summed E-state index contributed by atoms with van der Waals surface area (Å²) in [6.07, 6.45) is -0.627. The number of aliphatic hydroxyl groups is 1. The number of benzene rings is 1. The van der Waals surface area contributed by atoms with Gasteiger partial charge < -0.3 is 10.4 Å². The highest BCUT2D eigenvalue weighted by molar-refractivity contribution is 7.12. The molecule has 2 heterocycles. The van der Waals surface area contributed by atoms with Gasteiger partial charge in [-0.25, -0.2) is 0 Å². The average Bonchev–Trinajstić information content (AvgIpc) is 3.31. The highest BCUT2D eigenvalue weighted by Crippen LogP contribution is 2.29. The molecule has 0 radical (unpaired) electrons. The summed E-state index contributed by atoms with van der Waals surface area (Å²) in [6, 6.07) is 14.3. The number of nitriles is 1. The predicted octanol–water partition coefficient (Wildman–Crippen LogP) is 3.69. The van der Waals surface area contributed by atoms with Crippen LogP contribution in [0.25, 0.3) is 0 Å². The minimum Gasteiger partial charge on any atom is -0.383 e. The van der Waals surface area contributed by atoms with Crippen molar-refractivity contribution in [3.05, 3.63) is 79.7 Å². The smallest absolute Gasteiger partial charge is 0.251 e. The first-order chi connectivity index (χ1) is 11.7. The molecule has 3 rings (SSSR count). The molecule has 0 aliphatic carbocycles. The van der Waals surface area contributed by atoms with Crippen LogP contribution in [0.3, 0.4) is 0 Å². The van der Waals surface area contributed by atoms with Crippen LogP contribution in [0.15, 0.2) is 53.2 Å². The Bertz CT molecular complexity index is 879. The van der Waals surface area contributed by atoms with Crippen molar-refractivity contribution in [1.82, 2.24) is 5.32 Å². The monoisotopic (exact) mass is 354 g/mol. The predicted molar refractivity (Wildman–Crippen MR) is 95.0 cm³/mol. The largest absolute Gasteiger partial charge is 0.383 e. The molecule has 120 valence electrons. The van der Waals surface area contributed by atoms with Crippen LogP contribution in [-0.2, 0) is 6.54 Å². The summed E-state index contributed by atoms with van der Waals surface area (Å²) in [4.78, 5) is 14.0. The van der Waals surface area contributed by atoms with Gasteiger partial charge in [0.05, 0.1) is 18.2 Å². The lowest BCUT2D eigenvalue weighted by Crippen LogP contribution is -2.22. The number of hydrogen-bond donors (Lipinski definition) is 2. The number of thiophene rings is 2. The van der Waals surface area contributed by atoms with Gasteiger partial charge in [-0.3, -0.25) is 4.79 Å². The van der Waals surface area contributed by atoms with Gasteiger partial charge in [0, 0.05) is 15.3 Å². The standard InChI is InChI=1S/C18H14N2O2S2/c19-9-12-2-1-3-13(8-12)18(22)20-10-15-4-5-16(24-15)17(21)14-6-7-23-11-14/h1-8,11,17,21H,10H2,(H,20,22)/t17-/m0/s1. The van der Waals surface area contributed by atoms with E-state index in [0.717, 1.165) is 15.3 Å². The molecule has 24 heavy (non-hydrogen) atoms. The van der Waals surface area contributed by atoms with Crippen molar-refractivity contribution >= 4 is 28.6 Å². The maximum Gasteiger partial charge on any atom is 0.251 e. The summed E-state index contributed by atoms with van der Waals surface area (Å²) in [6.45, 7) is 0.386. The molecule has 0 aliphatic heterocycles. The maximum absolute atomic E-state index is 12.1. The second-order valence-electron chi connectivity index (χ2n) is 5.14. The van der Waals surface area contributed by atoms with Gasteiger partial charge in [0.25, 0.3) is 5.91 Å². The van der Waals surface area contributed by atoms with Gasteiger partial charge in [-0.1, -0.05) is 6.07 Å². The van der Waals surface area contributed by atoms with E-state index >= 15 is 0 Å². The fourth-order valence-corrected chi connectivity index (χ4v) is 3.88. The van der Waals surface area contributed by atoms with Gasteiger partial charge in [-0.15, -0.1) is 11.3 Å². The van der Waals surface area contributed by atoms with E-state index in [1.54, 1.807) is 35.6 Å². The van der Waals surface area contributed by atoms with Crippen LogP contribution in [0, 0.1) is 11.3 Å². The van der Waals surface area contributed by atoms with Gasteiger partial charge in [0.2, 0.25) is 0 Å². The molecule has 6 heteroatoms. The second-order valence-corrected chi connectivity index (χ2v) is 7.12. The van der Waals surface area contributed by atoms with Crippen molar-refractivity contribution in [2.24, 2.45) is 0 Å². The van der Waals surface area contributed by atoms with Gasteiger partial charge in [-0.2, -0.15) is 16.6 Å². The van der Waals surface area contributed by atoms with Crippen LogP contribution < -0.4 is 5.32 Å². The van der Waals surface area contributed by atoms with E-state index in [1.807, 2.05) is 35.0 Å². The zero-order valence-corrected chi connectivity index (χ0v) is 14.2. The normalized spacial score (nSPS) is 11.7. The van der Waals surface area contributed by atoms with Crippen molar-refractivity contribution in [2.45, 2.75) is 12.6 Å². The first kappa shape index (κ1) is 16.4. The Morgan fingerprint density at radius 1 is 1.29 bits per heavy atom. The van der Waals surface area contributed by atoms with Crippen LogP contribution in [0.2, 0.25) is 0 Å². The highest BCUT2D eigenvalue weighted by Gasteiger charge is 2.14. The summed E-state index contributed by atoms with van der Waals surface area (Å²) in [5.41, 5.74) is 1.80. The third kappa shape index (κ3) is 3.71. The quantitative estimate of drug-likeness (QED) is 0.734. The maximum atomic E-state index is 12.1. The molecule has 1 amide bonds. The van der Waals surface area contributed by atoms with Crippen molar-refractivity contribution in [3.63, 3.8) is 0 Å². The molecule has 0 bridgehead atoms. The van der Waals surface area contributed by atoms with Crippen LogP contribution >= 0.6 is 22.7 Å². The molecular weight excluding hydrogens is 340 g/mol. The highest BCUT2D eigenvalue weighted by atomic mass is 32.1. The number of amides is 1. The average molecular weight is 354 g/mol. The number of carbonyl (C=O) groups excluding carboxylic acids is 1. The summed E-state index contributed by atoms with van der Waals surface area (Å²) in [7, 11) is 0. The first-order valence-electron chi connectivity index (χ1n) is 7.24. The lowest BCUT2D eigenvalue weighted by Gasteiger charge is -2.06. The van der Waals surface area contributed by atoms with E-state index in [-0.39, 0.29) is 5.91 Å². The molecule has 0 saturated heterocycles. The Hall–Kier alpha value is -2.46. The summed E-state index contributed by atoms with van der Waals surface area (Å²) >= 11 is 3.02. The Balaban J connectivity index is 1.63. The molecule has 2 aromatic heterocycles. The number of carbonyl (C=O) groups is 1. The van der Waals surface area contributed by atoms with E-state index in [9.17, 15) is 9.90 Å². The molecule has 4 nitrogen and oxygen atoms in total. The summed E-state index contributed by atoms with van der Waals surface area (Å²) in [5.74, 6) is -0.222. The molecule has 3 aromatic rings. The molecule has 0 saturated carbocycles. The lowest BCUT2D eigenvalue weighted by atomic mass is 10.1. The number of aliphatic hydroxyl groups excluding tert-OH is 1. The third-order valence-electron chi connectivity index (χ3n) is 3.49. The molecule has 1 atom stereocenters. The van der Waals surface area contributed by atoms with Crippen LogP contribution in [0.4, 0.5) is 0 Å². The lowest BCUT2D eigenvalue weighted by molar-refractivity contribution is 0.0951. The van der Waals surface area contributed by atoms with Gasteiger partial charge in [0.1, 0.15) is 6.10 Å². The van der Waals surface area contributed by atoms with Gasteiger partial charge >= 0.3 is 0 Å². The minimum absolute atomic E-state index is 0.222. The van der Waals surface area contributed by atoms with E-state index in [2.05, 4.69) is 5.32 Å². The molecule has 0 fully saturated rings. The summed E-state index contributed by atoms with van der Waals surface area (Å²) in [5, 5.41) is 25.9. The fourth-order valence-electron chi connectivity index (χ4n) is 2.23. The van der Waals surface area contributed by atoms with E-state index in [4.69, 9.17) is 5.26 Å². The number of rotatable bonds is 5. The zero-order chi connectivity index (χ0) is 16.9. The van der Waals surface area contributed by atoms with E-state index in [1.165, 1.54) is 11.3 Å². The SMILES string of the molecule is N#Cc1cccc(C(=O)NCc2ccc([C@@H](O)c3ccsc3)s2)c1. The first-order valence-corrected chi connectivity index (χ1v) is 9.00. The molecule has 0 unspecified atom stereocenters. The van der Waals surface area contributed by atoms with Crippen molar-refractivity contribution in [2.75, 3.05) is 0 Å². The topological polar surface area (TPSA) is 73.1 Å². The molecule has 0 aliphatic rings. The Labute approximate surface area is 147 Å². The number of hydrogen-bond acceptors (Lipinski definition) is 5. The van der Waals surface area contributed by atoms with Crippen molar-refractivity contribution in [3.8, 4) is 6.07 Å². The molecular formula is C18H14N2O2S2. The zero-order valence-electron chi connectivity index (χ0n) is 12.6. The summed E-state index contributed by atoms with van der Waals surface area (Å²) < 4.78 is 0. The van der Waals surface area contributed by atoms with Crippen molar-refractivity contribution in [1.29, 1.82) is 5.26 Å². The number of nitrogens with zero attached hydrogens (tertiary/aromatic N) is 1.